The Labute approximate surface area is 328 Å². The molecule has 0 aliphatic carbocycles. The number of aryl methyl sites for hydroxylation is 4. The van der Waals surface area contributed by atoms with E-state index in [1.165, 1.54) is 55.0 Å². The van der Waals surface area contributed by atoms with Crippen molar-refractivity contribution in [2.24, 2.45) is 0 Å². The zero-order chi connectivity index (χ0) is 37.9. The fourth-order valence-electron chi connectivity index (χ4n) is 9.36. The van der Waals surface area contributed by atoms with Gasteiger partial charge in [-0.2, -0.15) is 0 Å². The van der Waals surface area contributed by atoms with E-state index in [9.17, 15) is 0 Å². The van der Waals surface area contributed by atoms with Gasteiger partial charge in [-0.3, -0.25) is 9.97 Å². The van der Waals surface area contributed by atoms with E-state index >= 15 is 0 Å². The largest absolute Gasteiger partial charge is 0.456 e. The van der Waals surface area contributed by atoms with Crippen molar-refractivity contribution in [1.82, 2.24) is 15.0 Å². The number of para-hydroxylation sites is 2. The first kappa shape index (κ1) is 33.9. The quantitative estimate of drug-likeness (QED) is 0.179. The third-order valence-corrected chi connectivity index (χ3v) is 11.8. The molecule has 0 fully saturated rings. The van der Waals surface area contributed by atoms with Gasteiger partial charge >= 0.3 is 0 Å². The first-order valence-electron chi connectivity index (χ1n) is 19.4. The van der Waals surface area contributed by atoms with Gasteiger partial charge in [-0.15, -0.1) is 0 Å². The lowest BCUT2D eigenvalue weighted by molar-refractivity contribution is 0.491. The van der Waals surface area contributed by atoms with Crippen molar-refractivity contribution in [3.05, 3.63) is 180 Å². The van der Waals surface area contributed by atoms with Crippen LogP contribution in [-0.2, 0) is 0 Å². The van der Waals surface area contributed by atoms with Crippen LogP contribution in [0.2, 0.25) is 0 Å². The molecule has 9 aromatic rings. The van der Waals surface area contributed by atoms with Crippen LogP contribution in [0.1, 0.15) is 22.3 Å². The van der Waals surface area contributed by atoms with Gasteiger partial charge in [0, 0.05) is 34.3 Å². The fraction of sp³-hybridized carbons (Fsp3) is 0.0800. The van der Waals surface area contributed by atoms with Crippen molar-refractivity contribution in [2.75, 3.05) is 0 Å². The molecule has 1 N–H and O–H groups in total. The zero-order valence-corrected chi connectivity index (χ0v) is 32.0. The number of pyridine rings is 2. The highest BCUT2D eigenvalue weighted by atomic mass is 16.5. The molecule has 0 unspecified atom stereocenters. The Morgan fingerprint density at radius 2 is 1.00 bits per heavy atom. The Hall–Kier alpha value is -6.65. The van der Waals surface area contributed by atoms with Crippen LogP contribution in [0.3, 0.4) is 0 Å². The Morgan fingerprint density at radius 3 is 1.64 bits per heavy atom. The summed E-state index contributed by atoms with van der Waals surface area (Å²) in [5, 5.41) is 2.24. The minimum absolute atomic E-state index is 0.0150. The van der Waals surface area contributed by atoms with Crippen LogP contribution in [0.15, 0.2) is 158 Å². The highest BCUT2D eigenvalue weighted by molar-refractivity contribution is 7.12. The number of aromatic amines is 1. The number of hydrogen-bond acceptors (Lipinski definition) is 3. The maximum Gasteiger partial charge on any atom is 0.245 e. The van der Waals surface area contributed by atoms with E-state index in [0.717, 1.165) is 55.8 Å². The van der Waals surface area contributed by atoms with Gasteiger partial charge in [0.2, 0.25) is 13.4 Å². The molecule has 0 saturated carbocycles. The van der Waals surface area contributed by atoms with E-state index in [2.05, 4.69) is 160 Å². The topological polar surface area (TPSA) is 50.8 Å². The molecule has 10 rings (SSSR count). The normalized spacial score (nSPS) is 12.2. The molecule has 4 nitrogen and oxygen atoms in total. The van der Waals surface area contributed by atoms with Gasteiger partial charge in [0.1, 0.15) is 5.75 Å². The van der Waals surface area contributed by atoms with Crippen molar-refractivity contribution >= 4 is 68.0 Å². The lowest BCUT2D eigenvalue weighted by Gasteiger charge is -2.36. The standard InChI is InChI=1S/C50H39B2N3O/c1-31-15-11-16-32(2)46(31)51-39-22-5-6-23-40(39)52(47-33(3)17-12-18-34(47)4)48-41(51)29-35(42-24-7-9-27-53-42)30-45(48)56-44-26-14-20-37-36-19-13-21-38(49(36)55-50(37)44)43-25-8-10-28-54-43/h5-30,55H,1-4H3. The van der Waals surface area contributed by atoms with Crippen molar-refractivity contribution in [3.8, 4) is 34.0 Å². The number of nitrogens with one attached hydrogen (secondary N) is 1. The summed E-state index contributed by atoms with van der Waals surface area (Å²) in [5.74, 6) is 1.60. The Bertz CT molecular complexity index is 2920. The smallest absolute Gasteiger partial charge is 0.245 e. The molecule has 0 saturated heterocycles. The summed E-state index contributed by atoms with van der Waals surface area (Å²) in [4.78, 5) is 13.4. The zero-order valence-electron chi connectivity index (χ0n) is 32.0. The van der Waals surface area contributed by atoms with Crippen LogP contribution in [-0.4, -0.2) is 28.4 Å². The second kappa shape index (κ2) is 13.6. The lowest BCUT2D eigenvalue weighted by Crippen LogP contribution is -2.76. The van der Waals surface area contributed by atoms with Gasteiger partial charge in [0.15, 0.2) is 5.75 Å². The van der Waals surface area contributed by atoms with E-state index < -0.39 is 0 Å². The number of fused-ring (bicyclic) bond motifs is 5. The molecule has 0 spiro atoms. The predicted octanol–water partition coefficient (Wildman–Crippen LogP) is 7.82. The Balaban J connectivity index is 1.29. The number of hydrogen-bond donors (Lipinski definition) is 1. The number of rotatable bonds is 6. The minimum Gasteiger partial charge on any atom is -0.456 e. The molecular weight excluding hydrogens is 680 g/mol. The predicted molar refractivity (Wildman–Crippen MR) is 236 cm³/mol. The summed E-state index contributed by atoms with van der Waals surface area (Å²) in [6, 6.07) is 52.0. The van der Waals surface area contributed by atoms with E-state index in [1.807, 2.05) is 30.6 Å². The molecular formula is C50H39B2N3O. The summed E-state index contributed by atoms with van der Waals surface area (Å²) >= 11 is 0. The molecule has 6 heteroatoms. The first-order valence-corrected chi connectivity index (χ1v) is 19.4. The second-order valence-corrected chi connectivity index (χ2v) is 15.1. The third kappa shape index (κ3) is 5.47. The number of aromatic nitrogens is 3. The molecule has 3 aromatic heterocycles. The molecule has 1 aliphatic rings. The Kier molecular flexibility index (Phi) is 8.22. The van der Waals surface area contributed by atoms with Crippen molar-refractivity contribution < 1.29 is 4.74 Å². The van der Waals surface area contributed by atoms with Gasteiger partial charge in [-0.25, -0.2) is 0 Å². The third-order valence-electron chi connectivity index (χ3n) is 11.8. The number of benzene rings is 6. The van der Waals surface area contributed by atoms with E-state index in [-0.39, 0.29) is 13.4 Å². The number of ether oxygens (including phenoxy) is 1. The molecule has 56 heavy (non-hydrogen) atoms. The van der Waals surface area contributed by atoms with E-state index in [0.29, 0.717) is 0 Å². The van der Waals surface area contributed by atoms with E-state index in [4.69, 9.17) is 14.7 Å². The lowest BCUT2D eigenvalue weighted by atomic mass is 9.20. The van der Waals surface area contributed by atoms with Gasteiger partial charge < -0.3 is 9.72 Å². The van der Waals surface area contributed by atoms with E-state index in [1.54, 1.807) is 0 Å². The average Bonchev–Trinajstić information content (AvgIpc) is 3.62. The number of nitrogens with zero attached hydrogens (tertiary/aromatic N) is 2. The van der Waals surface area contributed by atoms with Crippen LogP contribution in [0.5, 0.6) is 11.5 Å². The summed E-state index contributed by atoms with van der Waals surface area (Å²) in [6.45, 7) is 8.91. The minimum atomic E-state index is -0.0616. The van der Waals surface area contributed by atoms with Crippen LogP contribution in [0.25, 0.3) is 44.3 Å². The second-order valence-electron chi connectivity index (χ2n) is 15.1. The van der Waals surface area contributed by atoms with Crippen molar-refractivity contribution in [2.45, 2.75) is 27.7 Å². The van der Waals surface area contributed by atoms with Gasteiger partial charge in [-0.1, -0.05) is 159 Å². The van der Waals surface area contributed by atoms with Crippen LogP contribution >= 0.6 is 0 Å². The van der Waals surface area contributed by atoms with Gasteiger partial charge in [0.25, 0.3) is 0 Å². The van der Waals surface area contributed by atoms with Crippen molar-refractivity contribution in [1.29, 1.82) is 0 Å². The van der Waals surface area contributed by atoms with Gasteiger partial charge in [-0.05, 0) is 69.6 Å². The molecule has 0 bridgehead atoms. The summed E-state index contributed by atoms with van der Waals surface area (Å²) < 4.78 is 7.44. The number of H-pyrrole nitrogens is 1. The van der Waals surface area contributed by atoms with Crippen LogP contribution < -0.4 is 37.5 Å². The van der Waals surface area contributed by atoms with Crippen LogP contribution in [0.4, 0.5) is 0 Å². The monoisotopic (exact) mass is 719 g/mol. The summed E-state index contributed by atoms with van der Waals surface area (Å²) in [7, 11) is 0. The molecule has 1 aliphatic heterocycles. The maximum absolute atomic E-state index is 7.44. The molecule has 266 valence electrons. The fourth-order valence-corrected chi connectivity index (χ4v) is 9.36. The first-order chi connectivity index (χ1) is 27.5. The molecule has 6 aromatic carbocycles. The molecule has 0 amide bonds. The van der Waals surface area contributed by atoms with Crippen molar-refractivity contribution in [3.63, 3.8) is 0 Å². The van der Waals surface area contributed by atoms with Crippen LogP contribution in [0, 0.1) is 27.7 Å². The molecule has 0 radical (unpaired) electrons. The highest BCUT2D eigenvalue weighted by Crippen LogP contribution is 2.38. The SMILES string of the molecule is Cc1cccc(C)c1B1c2ccccc2B(c2c(C)cccc2C)c2c(Oc3cccc4c3[nH]c3c(-c5ccccn5)cccc34)cc(-c3ccccn3)cc21. The summed E-state index contributed by atoms with van der Waals surface area (Å²) in [6.07, 6.45) is 3.72. The maximum atomic E-state index is 7.44. The molecule has 4 heterocycles. The summed E-state index contributed by atoms with van der Waals surface area (Å²) in [5.41, 5.74) is 18.7. The molecule has 0 atom stereocenters. The highest BCUT2D eigenvalue weighted by Gasteiger charge is 2.43. The van der Waals surface area contributed by atoms with Gasteiger partial charge in [0.05, 0.1) is 22.4 Å². The Morgan fingerprint density at radius 1 is 0.446 bits per heavy atom. The average molecular weight is 720 g/mol.